The van der Waals surface area contributed by atoms with Crippen LogP contribution in [0.2, 0.25) is 0 Å². The van der Waals surface area contributed by atoms with Crippen molar-refractivity contribution in [3.05, 3.63) is 54.1 Å². The zero-order chi connectivity index (χ0) is 18.6. The number of aromatic nitrogens is 2. The van der Waals surface area contributed by atoms with Gasteiger partial charge >= 0.3 is 0 Å². The van der Waals surface area contributed by atoms with Crippen molar-refractivity contribution >= 4 is 5.91 Å². The first-order valence-electron chi connectivity index (χ1n) is 9.11. The molecule has 27 heavy (non-hydrogen) atoms. The summed E-state index contributed by atoms with van der Waals surface area (Å²) in [6, 6.07) is 15.3. The van der Waals surface area contributed by atoms with Crippen LogP contribution >= 0.6 is 0 Å². The van der Waals surface area contributed by atoms with Crippen molar-refractivity contribution in [1.82, 2.24) is 15.0 Å². The fraction of sp³-hybridized carbons (Fsp3) is 0.286. The molecule has 0 N–H and O–H groups in total. The quantitative estimate of drug-likeness (QED) is 0.691. The van der Waals surface area contributed by atoms with Crippen LogP contribution in [0.3, 0.4) is 0 Å². The number of hydrogen-bond acceptors (Lipinski definition) is 5. The van der Waals surface area contributed by atoms with E-state index in [4.69, 9.17) is 9.26 Å². The van der Waals surface area contributed by atoms with E-state index in [1.54, 1.807) is 0 Å². The molecule has 0 aliphatic carbocycles. The second kappa shape index (κ2) is 7.61. The van der Waals surface area contributed by atoms with E-state index in [1.165, 1.54) is 0 Å². The Balaban J connectivity index is 1.53. The van der Waals surface area contributed by atoms with Gasteiger partial charge in [0.25, 0.3) is 11.8 Å². The maximum absolute atomic E-state index is 12.2. The van der Waals surface area contributed by atoms with Crippen LogP contribution in [0, 0.1) is 6.92 Å². The van der Waals surface area contributed by atoms with Crippen molar-refractivity contribution in [1.29, 1.82) is 0 Å². The highest BCUT2D eigenvalue weighted by Gasteiger charge is 2.20. The van der Waals surface area contributed by atoms with Crippen molar-refractivity contribution in [2.24, 2.45) is 0 Å². The first-order chi connectivity index (χ1) is 13.2. The molecule has 0 spiro atoms. The highest BCUT2D eigenvalue weighted by molar-refractivity contribution is 5.78. The van der Waals surface area contributed by atoms with Gasteiger partial charge in [-0.3, -0.25) is 4.79 Å². The molecule has 1 saturated heterocycles. The van der Waals surface area contributed by atoms with Crippen molar-refractivity contribution in [2.45, 2.75) is 19.8 Å². The van der Waals surface area contributed by atoms with Crippen LogP contribution < -0.4 is 4.74 Å². The minimum absolute atomic E-state index is 0.0101. The number of benzene rings is 2. The van der Waals surface area contributed by atoms with E-state index in [9.17, 15) is 4.79 Å². The molecule has 6 heteroatoms. The van der Waals surface area contributed by atoms with E-state index in [0.717, 1.165) is 37.1 Å². The third-order valence-electron chi connectivity index (χ3n) is 4.63. The van der Waals surface area contributed by atoms with Crippen LogP contribution in [-0.2, 0) is 4.79 Å². The number of aryl methyl sites for hydroxylation is 1. The minimum atomic E-state index is 0.0101. The van der Waals surface area contributed by atoms with Gasteiger partial charge in [-0.05, 0) is 44.0 Å². The van der Waals surface area contributed by atoms with Crippen molar-refractivity contribution in [3.63, 3.8) is 0 Å². The van der Waals surface area contributed by atoms with E-state index in [-0.39, 0.29) is 12.5 Å². The van der Waals surface area contributed by atoms with E-state index < -0.39 is 0 Å². The Morgan fingerprint density at radius 2 is 1.96 bits per heavy atom. The van der Waals surface area contributed by atoms with Crippen molar-refractivity contribution < 1.29 is 14.1 Å². The lowest BCUT2D eigenvalue weighted by Gasteiger charge is -2.16. The van der Waals surface area contributed by atoms with Crippen LogP contribution in [0.5, 0.6) is 5.75 Å². The summed E-state index contributed by atoms with van der Waals surface area (Å²) >= 11 is 0. The molecule has 1 aromatic heterocycles. The monoisotopic (exact) mass is 363 g/mol. The second-order valence-electron chi connectivity index (χ2n) is 6.67. The van der Waals surface area contributed by atoms with Gasteiger partial charge in [-0.15, -0.1) is 0 Å². The van der Waals surface area contributed by atoms with Crippen LogP contribution in [0.15, 0.2) is 53.1 Å². The zero-order valence-corrected chi connectivity index (χ0v) is 15.2. The summed E-state index contributed by atoms with van der Waals surface area (Å²) in [6.07, 6.45) is 2.12. The fourth-order valence-corrected chi connectivity index (χ4v) is 3.20. The lowest BCUT2D eigenvalue weighted by molar-refractivity contribution is -0.132. The largest absolute Gasteiger partial charge is 0.483 e. The van der Waals surface area contributed by atoms with Gasteiger partial charge in [0.1, 0.15) is 5.75 Å². The van der Waals surface area contributed by atoms with Crippen molar-refractivity contribution in [2.75, 3.05) is 19.7 Å². The smallest absolute Gasteiger partial charge is 0.260 e. The fourth-order valence-electron chi connectivity index (χ4n) is 3.20. The number of carbonyl (C=O) groups is 1. The number of hydrogen-bond donors (Lipinski definition) is 0. The molecule has 0 bridgehead atoms. The number of amides is 1. The van der Waals surface area contributed by atoms with E-state index in [1.807, 2.05) is 60.4 Å². The predicted molar refractivity (Wildman–Crippen MR) is 101 cm³/mol. The number of nitrogens with zero attached hydrogens (tertiary/aromatic N) is 3. The molecule has 0 saturated carbocycles. The molecule has 3 aromatic rings. The Kier molecular flexibility index (Phi) is 4.87. The molecule has 1 aliphatic rings. The molecule has 0 atom stereocenters. The number of ether oxygens (including phenoxy) is 1. The predicted octanol–water partition coefficient (Wildman–Crippen LogP) is 3.71. The van der Waals surface area contributed by atoms with Gasteiger partial charge < -0.3 is 14.2 Å². The lowest BCUT2D eigenvalue weighted by atomic mass is 10.1. The standard InChI is InChI=1S/C21H21N3O3/c1-15-7-6-8-16(13-15)21-22-20(23-27-21)17-9-2-3-10-18(17)26-14-19(25)24-11-4-5-12-24/h2-3,6-10,13H,4-5,11-12,14H2,1H3. The summed E-state index contributed by atoms with van der Waals surface area (Å²) < 4.78 is 11.2. The molecule has 1 amide bonds. The third-order valence-corrected chi connectivity index (χ3v) is 4.63. The summed E-state index contributed by atoms with van der Waals surface area (Å²) in [5.74, 6) is 1.48. The maximum atomic E-state index is 12.2. The van der Waals surface area contributed by atoms with E-state index >= 15 is 0 Å². The second-order valence-corrected chi connectivity index (χ2v) is 6.67. The van der Waals surface area contributed by atoms with Crippen LogP contribution in [-0.4, -0.2) is 40.6 Å². The van der Waals surface area contributed by atoms with Gasteiger partial charge in [0.05, 0.1) is 5.56 Å². The van der Waals surface area contributed by atoms with E-state index in [2.05, 4.69) is 10.1 Å². The minimum Gasteiger partial charge on any atom is -0.483 e. The van der Waals surface area contributed by atoms with Gasteiger partial charge in [0.15, 0.2) is 6.61 Å². The number of carbonyl (C=O) groups excluding carboxylic acids is 1. The molecule has 6 nitrogen and oxygen atoms in total. The summed E-state index contributed by atoms with van der Waals surface area (Å²) in [5, 5.41) is 4.10. The zero-order valence-electron chi connectivity index (χ0n) is 15.2. The molecular weight excluding hydrogens is 342 g/mol. The van der Waals surface area contributed by atoms with Gasteiger partial charge in [-0.1, -0.05) is 35.0 Å². The Labute approximate surface area is 157 Å². The Hall–Kier alpha value is -3.15. The Morgan fingerprint density at radius 1 is 1.15 bits per heavy atom. The number of para-hydroxylation sites is 1. The number of likely N-dealkylation sites (tertiary alicyclic amines) is 1. The van der Waals surface area contributed by atoms with Crippen molar-refractivity contribution in [3.8, 4) is 28.6 Å². The Bertz CT molecular complexity index is 945. The molecule has 2 aromatic carbocycles. The normalized spacial score (nSPS) is 13.7. The molecular formula is C21H21N3O3. The average Bonchev–Trinajstić information content (AvgIpc) is 3.38. The van der Waals surface area contributed by atoms with Gasteiger partial charge in [0.2, 0.25) is 5.82 Å². The summed E-state index contributed by atoms with van der Waals surface area (Å²) in [7, 11) is 0. The first kappa shape index (κ1) is 17.3. The molecule has 0 radical (unpaired) electrons. The topological polar surface area (TPSA) is 68.5 Å². The molecule has 1 aliphatic heterocycles. The summed E-state index contributed by atoms with van der Waals surface area (Å²) in [6.45, 7) is 3.66. The van der Waals surface area contributed by atoms with Gasteiger partial charge in [-0.2, -0.15) is 4.98 Å². The molecule has 2 heterocycles. The molecule has 0 unspecified atom stereocenters. The summed E-state index contributed by atoms with van der Waals surface area (Å²) in [4.78, 5) is 18.6. The molecule has 1 fully saturated rings. The summed E-state index contributed by atoms with van der Waals surface area (Å²) in [5.41, 5.74) is 2.70. The van der Waals surface area contributed by atoms with Crippen LogP contribution in [0.25, 0.3) is 22.8 Å². The number of rotatable bonds is 5. The Morgan fingerprint density at radius 3 is 2.78 bits per heavy atom. The first-order valence-corrected chi connectivity index (χ1v) is 9.11. The van der Waals surface area contributed by atoms with E-state index in [0.29, 0.717) is 23.0 Å². The third kappa shape index (κ3) is 3.84. The van der Waals surface area contributed by atoms with Gasteiger partial charge in [0, 0.05) is 18.7 Å². The van der Waals surface area contributed by atoms with Crippen LogP contribution in [0.4, 0.5) is 0 Å². The maximum Gasteiger partial charge on any atom is 0.260 e. The molecule has 138 valence electrons. The molecule has 4 rings (SSSR count). The van der Waals surface area contributed by atoms with Crippen LogP contribution in [0.1, 0.15) is 18.4 Å². The highest BCUT2D eigenvalue weighted by Crippen LogP contribution is 2.29. The lowest BCUT2D eigenvalue weighted by Crippen LogP contribution is -2.32. The van der Waals surface area contributed by atoms with Gasteiger partial charge in [-0.25, -0.2) is 0 Å². The SMILES string of the molecule is Cc1cccc(-c2nc(-c3ccccc3OCC(=O)N3CCCC3)no2)c1. The highest BCUT2D eigenvalue weighted by atomic mass is 16.5. The average molecular weight is 363 g/mol.